The third-order valence-electron chi connectivity index (χ3n) is 5.93. The molecule has 2 aliphatic heterocycles. The molecule has 5 heteroatoms. The van der Waals surface area contributed by atoms with Crippen LogP contribution in [0, 0.1) is 0 Å². The Balaban J connectivity index is 1.39. The molecule has 0 amide bonds. The van der Waals surface area contributed by atoms with Gasteiger partial charge in [-0.05, 0) is 60.7 Å². The van der Waals surface area contributed by atoms with Gasteiger partial charge in [-0.3, -0.25) is 4.90 Å². The fraction of sp³-hybridized carbons (Fsp3) is 0.500. The third kappa shape index (κ3) is 5.34. The van der Waals surface area contributed by atoms with Gasteiger partial charge in [-0.2, -0.15) is 0 Å². The highest BCUT2D eigenvalue weighted by atomic mass is 32.2. The van der Waals surface area contributed by atoms with Crippen LogP contribution in [0.4, 0.5) is 0 Å². The number of rotatable bonds is 7. The zero-order valence-electron chi connectivity index (χ0n) is 17.6. The van der Waals surface area contributed by atoms with Crippen molar-refractivity contribution in [3.8, 4) is 5.75 Å². The summed E-state index contributed by atoms with van der Waals surface area (Å²) in [6.07, 6.45) is 3.18. The van der Waals surface area contributed by atoms with Gasteiger partial charge in [-0.25, -0.2) is 0 Å². The number of hydrogen-bond acceptors (Lipinski definition) is 5. The Bertz CT molecular complexity index is 790. The highest BCUT2D eigenvalue weighted by Crippen LogP contribution is 2.35. The summed E-state index contributed by atoms with van der Waals surface area (Å²) in [5.74, 6) is 1.42. The van der Waals surface area contributed by atoms with Crippen molar-refractivity contribution in [3.63, 3.8) is 0 Å². The first-order valence-corrected chi connectivity index (χ1v) is 11.8. The van der Waals surface area contributed by atoms with Crippen molar-refractivity contribution in [3.05, 3.63) is 59.2 Å². The van der Waals surface area contributed by atoms with Crippen molar-refractivity contribution >= 4 is 11.8 Å². The van der Waals surface area contributed by atoms with Crippen molar-refractivity contribution in [1.82, 2.24) is 9.80 Å². The second-order valence-corrected chi connectivity index (χ2v) is 8.92. The summed E-state index contributed by atoms with van der Waals surface area (Å²) in [4.78, 5) is 6.19. The maximum absolute atomic E-state index is 6.09. The number of ether oxygens (including phenoxy) is 2. The molecule has 4 nitrogen and oxygen atoms in total. The fourth-order valence-corrected chi connectivity index (χ4v) is 4.75. The minimum absolute atomic E-state index is 0.426. The van der Waals surface area contributed by atoms with Crippen molar-refractivity contribution in [2.75, 3.05) is 59.3 Å². The Labute approximate surface area is 179 Å². The van der Waals surface area contributed by atoms with Gasteiger partial charge in [0.15, 0.2) is 0 Å². The molecule has 2 aromatic rings. The van der Waals surface area contributed by atoms with Gasteiger partial charge in [0, 0.05) is 43.5 Å². The van der Waals surface area contributed by atoms with Gasteiger partial charge in [-0.15, -0.1) is 11.8 Å². The number of fused-ring (bicyclic) bond motifs is 1. The van der Waals surface area contributed by atoms with E-state index in [2.05, 4.69) is 65.6 Å². The SMILES string of the molecule is CSc1ccc([C@@H]2CN(C)Cc3cc(OCCCN4CCOCC4)ccc32)cc1. The number of likely N-dealkylation sites (N-methyl/N-ethyl adjacent to an activating group) is 1. The van der Waals surface area contributed by atoms with Crippen LogP contribution in [0.2, 0.25) is 0 Å². The zero-order valence-corrected chi connectivity index (χ0v) is 18.4. The molecule has 0 aromatic heterocycles. The van der Waals surface area contributed by atoms with E-state index in [4.69, 9.17) is 9.47 Å². The second kappa shape index (κ2) is 9.98. The normalized spacial score (nSPS) is 20.4. The lowest BCUT2D eigenvalue weighted by Crippen LogP contribution is -2.37. The molecule has 1 atom stereocenters. The van der Waals surface area contributed by atoms with Gasteiger partial charge in [-0.1, -0.05) is 18.2 Å². The second-order valence-electron chi connectivity index (χ2n) is 8.04. The van der Waals surface area contributed by atoms with Crippen LogP contribution in [0.5, 0.6) is 5.75 Å². The predicted octanol–water partition coefficient (Wildman–Crippen LogP) is 4.09. The Morgan fingerprint density at radius 1 is 1.10 bits per heavy atom. The fourth-order valence-electron chi connectivity index (χ4n) is 4.34. The van der Waals surface area contributed by atoms with Gasteiger partial charge in [0.2, 0.25) is 0 Å². The van der Waals surface area contributed by atoms with Crippen LogP contribution < -0.4 is 4.74 Å². The summed E-state index contributed by atoms with van der Waals surface area (Å²) in [6.45, 7) is 7.72. The molecule has 0 unspecified atom stereocenters. The summed E-state index contributed by atoms with van der Waals surface area (Å²) < 4.78 is 11.5. The average Bonchev–Trinajstić information content (AvgIpc) is 2.77. The van der Waals surface area contributed by atoms with Gasteiger partial charge in [0.05, 0.1) is 19.8 Å². The lowest BCUT2D eigenvalue weighted by atomic mass is 9.85. The number of hydrogen-bond donors (Lipinski definition) is 0. The van der Waals surface area contributed by atoms with E-state index in [1.54, 1.807) is 11.8 Å². The molecular formula is C24H32N2O2S. The topological polar surface area (TPSA) is 24.9 Å². The van der Waals surface area contributed by atoms with Crippen LogP contribution in [0.15, 0.2) is 47.4 Å². The number of thioether (sulfide) groups is 1. The van der Waals surface area contributed by atoms with Gasteiger partial charge in [0.1, 0.15) is 5.75 Å². The lowest BCUT2D eigenvalue weighted by Gasteiger charge is -2.33. The van der Waals surface area contributed by atoms with Crippen molar-refractivity contribution < 1.29 is 9.47 Å². The molecule has 0 radical (unpaired) electrons. The van der Waals surface area contributed by atoms with E-state index in [1.807, 2.05) is 0 Å². The molecule has 2 heterocycles. The maximum Gasteiger partial charge on any atom is 0.119 e. The van der Waals surface area contributed by atoms with Crippen LogP contribution in [-0.4, -0.2) is 69.1 Å². The first kappa shape index (κ1) is 20.7. The number of nitrogens with zero attached hydrogens (tertiary/aromatic N) is 2. The van der Waals surface area contributed by atoms with Crippen molar-refractivity contribution in [2.24, 2.45) is 0 Å². The molecule has 2 aliphatic rings. The molecule has 29 heavy (non-hydrogen) atoms. The van der Waals surface area contributed by atoms with Crippen LogP contribution in [0.1, 0.15) is 29.0 Å². The first-order chi connectivity index (χ1) is 14.2. The number of morpholine rings is 1. The minimum atomic E-state index is 0.426. The van der Waals surface area contributed by atoms with Crippen LogP contribution in [0.3, 0.4) is 0 Å². The summed E-state index contributed by atoms with van der Waals surface area (Å²) >= 11 is 1.79. The molecule has 0 bridgehead atoms. The van der Waals surface area contributed by atoms with Crippen molar-refractivity contribution in [2.45, 2.75) is 23.8 Å². The highest BCUT2D eigenvalue weighted by Gasteiger charge is 2.25. The average molecular weight is 413 g/mol. The summed E-state index contributed by atoms with van der Waals surface area (Å²) in [5, 5.41) is 0. The zero-order chi connectivity index (χ0) is 20.1. The molecule has 156 valence electrons. The molecule has 1 fully saturated rings. The minimum Gasteiger partial charge on any atom is -0.494 e. The standard InChI is InChI=1S/C24H32N2O2S/c1-25-17-20-16-21(28-13-3-10-26-11-14-27-15-12-26)6-9-23(20)24(18-25)19-4-7-22(29-2)8-5-19/h4-9,16,24H,3,10-15,17-18H2,1-2H3/t24-/m0/s1. The van der Waals surface area contributed by atoms with E-state index >= 15 is 0 Å². The molecule has 0 saturated carbocycles. The molecule has 0 spiro atoms. The van der Waals surface area contributed by atoms with E-state index in [1.165, 1.54) is 21.6 Å². The van der Waals surface area contributed by atoms with Gasteiger partial charge in [0.25, 0.3) is 0 Å². The summed E-state index contributed by atoms with van der Waals surface area (Å²) in [7, 11) is 2.21. The monoisotopic (exact) mass is 412 g/mol. The van der Waals surface area contributed by atoms with Gasteiger partial charge >= 0.3 is 0 Å². The molecule has 2 aromatic carbocycles. The van der Waals surface area contributed by atoms with E-state index < -0.39 is 0 Å². The number of benzene rings is 2. The van der Waals surface area contributed by atoms with Crippen LogP contribution in [0.25, 0.3) is 0 Å². The van der Waals surface area contributed by atoms with E-state index in [0.29, 0.717) is 5.92 Å². The predicted molar refractivity (Wildman–Crippen MR) is 120 cm³/mol. The first-order valence-electron chi connectivity index (χ1n) is 10.6. The molecule has 0 N–H and O–H groups in total. The maximum atomic E-state index is 6.09. The highest BCUT2D eigenvalue weighted by molar-refractivity contribution is 7.98. The smallest absolute Gasteiger partial charge is 0.119 e. The largest absolute Gasteiger partial charge is 0.494 e. The van der Waals surface area contributed by atoms with Crippen LogP contribution in [-0.2, 0) is 11.3 Å². The van der Waals surface area contributed by atoms with Crippen molar-refractivity contribution in [1.29, 1.82) is 0 Å². The molecular weight excluding hydrogens is 380 g/mol. The Hall–Kier alpha value is -1.53. The quantitative estimate of drug-likeness (QED) is 0.504. The van der Waals surface area contributed by atoms with E-state index in [9.17, 15) is 0 Å². The third-order valence-corrected chi connectivity index (χ3v) is 6.68. The van der Waals surface area contributed by atoms with Crippen LogP contribution >= 0.6 is 11.8 Å². The summed E-state index contributed by atoms with van der Waals surface area (Å²) in [6, 6.07) is 15.7. The Kier molecular flexibility index (Phi) is 7.14. The Morgan fingerprint density at radius 2 is 1.90 bits per heavy atom. The van der Waals surface area contributed by atoms with Gasteiger partial charge < -0.3 is 14.4 Å². The molecule has 4 rings (SSSR count). The lowest BCUT2D eigenvalue weighted by molar-refractivity contribution is 0.0358. The molecule has 1 saturated heterocycles. The molecule has 0 aliphatic carbocycles. The Morgan fingerprint density at radius 3 is 2.66 bits per heavy atom. The van der Waals surface area contributed by atoms with E-state index in [-0.39, 0.29) is 0 Å². The summed E-state index contributed by atoms with van der Waals surface area (Å²) in [5.41, 5.74) is 4.24. The van der Waals surface area contributed by atoms with E-state index in [0.717, 1.165) is 64.7 Å².